The maximum Gasteiger partial charge on any atom is 0.357 e. The van der Waals surface area contributed by atoms with E-state index in [-0.39, 0.29) is 23.7 Å². The number of rotatable bonds is 5. The number of benzene rings is 2. The zero-order chi connectivity index (χ0) is 17.7. The van der Waals surface area contributed by atoms with Crippen LogP contribution in [0, 0.1) is 10.1 Å². The molecule has 0 amide bonds. The minimum Gasteiger partial charge on any atom is -0.461 e. The largest absolute Gasteiger partial charge is 0.461 e. The van der Waals surface area contributed by atoms with Gasteiger partial charge < -0.3 is 4.74 Å². The third-order valence-electron chi connectivity index (χ3n) is 2.95. The number of hydrogen-bond donors (Lipinski definition) is 0. The molecule has 24 heavy (non-hydrogen) atoms. The molecule has 0 unspecified atom stereocenters. The van der Waals surface area contributed by atoms with Gasteiger partial charge in [0.2, 0.25) is 0 Å². The van der Waals surface area contributed by atoms with Gasteiger partial charge in [-0.15, -0.1) is 0 Å². The standard InChI is InChI=1S/C16H12Br2N2O4/c1-2-24-16(21)15(10-3-5-11(17)6-4-10)19-13-8-7-12(18)9-14(13)20(22)23/h3-9H,2H2,1H3/b19-15+. The molecule has 2 aromatic carbocycles. The normalized spacial score (nSPS) is 11.2. The van der Waals surface area contributed by atoms with E-state index in [2.05, 4.69) is 36.9 Å². The molecule has 0 spiro atoms. The van der Waals surface area contributed by atoms with Gasteiger partial charge in [-0.3, -0.25) is 10.1 Å². The lowest BCUT2D eigenvalue weighted by Gasteiger charge is -2.07. The zero-order valence-corrected chi connectivity index (χ0v) is 15.7. The highest BCUT2D eigenvalue weighted by atomic mass is 79.9. The van der Waals surface area contributed by atoms with Crippen LogP contribution in [0.15, 0.2) is 56.4 Å². The lowest BCUT2D eigenvalue weighted by molar-refractivity contribution is -0.384. The Bertz CT molecular complexity index is 804. The van der Waals surface area contributed by atoms with Crippen molar-refractivity contribution in [3.8, 4) is 0 Å². The van der Waals surface area contributed by atoms with Crippen LogP contribution in [0.3, 0.4) is 0 Å². The first-order chi connectivity index (χ1) is 11.4. The van der Waals surface area contributed by atoms with E-state index in [0.717, 1.165) is 4.47 Å². The summed E-state index contributed by atoms with van der Waals surface area (Å²) in [5.41, 5.74) is 0.390. The summed E-state index contributed by atoms with van der Waals surface area (Å²) in [5.74, 6) is -0.642. The second kappa shape index (κ2) is 8.16. The van der Waals surface area contributed by atoms with Gasteiger partial charge in [0.1, 0.15) is 5.69 Å². The van der Waals surface area contributed by atoms with E-state index in [0.29, 0.717) is 10.0 Å². The third-order valence-corrected chi connectivity index (χ3v) is 3.97. The molecule has 2 rings (SSSR count). The van der Waals surface area contributed by atoms with Crippen LogP contribution < -0.4 is 0 Å². The van der Waals surface area contributed by atoms with Crippen molar-refractivity contribution < 1.29 is 14.5 Å². The second-order valence-corrected chi connectivity index (χ2v) is 6.41. The number of esters is 1. The van der Waals surface area contributed by atoms with Crippen LogP contribution in [0.25, 0.3) is 0 Å². The first-order valence-electron chi connectivity index (χ1n) is 6.88. The molecular weight excluding hydrogens is 444 g/mol. The topological polar surface area (TPSA) is 81.8 Å². The lowest BCUT2D eigenvalue weighted by atomic mass is 10.1. The number of nitro groups is 1. The average Bonchev–Trinajstić information content (AvgIpc) is 2.54. The summed E-state index contributed by atoms with van der Waals surface area (Å²) in [4.78, 5) is 27.1. The number of ether oxygens (including phenoxy) is 1. The molecule has 0 aromatic heterocycles. The van der Waals surface area contributed by atoms with Gasteiger partial charge in [0, 0.05) is 20.6 Å². The Hall–Kier alpha value is -2.06. The smallest absolute Gasteiger partial charge is 0.357 e. The Morgan fingerprint density at radius 3 is 2.38 bits per heavy atom. The number of nitrogens with zero attached hydrogens (tertiary/aromatic N) is 2. The van der Waals surface area contributed by atoms with Crippen molar-refractivity contribution in [2.45, 2.75) is 6.92 Å². The van der Waals surface area contributed by atoms with Crippen LogP contribution in [0.2, 0.25) is 0 Å². The fourth-order valence-corrected chi connectivity index (χ4v) is 2.51. The molecule has 0 fully saturated rings. The molecule has 0 saturated heterocycles. The van der Waals surface area contributed by atoms with Crippen LogP contribution in [0.4, 0.5) is 11.4 Å². The molecule has 0 aliphatic carbocycles. The molecule has 0 atom stereocenters. The van der Waals surface area contributed by atoms with Crippen LogP contribution in [-0.2, 0) is 9.53 Å². The van der Waals surface area contributed by atoms with Crippen molar-refractivity contribution in [2.75, 3.05) is 6.61 Å². The highest BCUT2D eigenvalue weighted by Gasteiger charge is 2.20. The fourth-order valence-electron chi connectivity index (χ4n) is 1.89. The zero-order valence-electron chi connectivity index (χ0n) is 12.5. The molecular formula is C16H12Br2N2O4. The summed E-state index contributed by atoms with van der Waals surface area (Å²) in [5, 5.41) is 11.2. The maximum atomic E-state index is 12.2. The first-order valence-corrected chi connectivity index (χ1v) is 8.46. The van der Waals surface area contributed by atoms with Crippen molar-refractivity contribution in [1.29, 1.82) is 0 Å². The third kappa shape index (κ3) is 4.48. The number of hydrogen-bond acceptors (Lipinski definition) is 5. The van der Waals surface area contributed by atoms with Crippen LogP contribution in [-0.4, -0.2) is 23.2 Å². The molecule has 124 valence electrons. The van der Waals surface area contributed by atoms with Gasteiger partial charge in [-0.05, 0) is 31.2 Å². The average molecular weight is 456 g/mol. The van der Waals surface area contributed by atoms with Crippen LogP contribution in [0.1, 0.15) is 12.5 Å². The van der Waals surface area contributed by atoms with E-state index in [1.165, 1.54) is 12.1 Å². The van der Waals surface area contributed by atoms with Crippen molar-refractivity contribution in [3.63, 3.8) is 0 Å². The summed E-state index contributed by atoms with van der Waals surface area (Å²) in [7, 11) is 0. The fraction of sp³-hybridized carbons (Fsp3) is 0.125. The van der Waals surface area contributed by atoms with Gasteiger partial charge in [-0.1, -0.05) is 44.0 Å². The molecule has 0 heterocycles. The van der Waals surface area contributed by atoms with Crippen molar-refractivity contribution in [1.82, 2.24) is 0 Å². The molecule has 0 radical (unpaired) electrons. The van der Waals surface area contributed by atoms with E-state index in [9.17, 15) is 14.9 Å². The second-order valence-electron chi connectivity index (χ2n) is 4.58. The Labute approximate surface area is 155 Å². The molecule has 0 saturated carbocycles. The summed E-state index contributed by atoms with van der Waals surface area (Å²) in [6, 6.07) is 11.3. The van der Waals surface area contributed by atoms with Crippen molar-refractivity contribution in [2.24, 2.45) is 4.99 Å². The van der Waals surface area contributed by atoms with Crippen LogP contribution >= 0.6 is 31.9 Å². The van der Waals surface area contributed by atoms with E-state index in [1.807, 2.05) is 0 Å². The Kier molecular flexibility index (Phi) is 6.22. The monoisotopic (exact) mass is 454 g/mol. The van der Waals surface area contributed by atoms with E-state index < -0.39 is 10.9 Å². The molecule has 0 bridgehead atoms. The van der Waals surface area contributed by atoms with E-state index >= 15 is 0 Å². The SMILES string of the molecule is CCOC(=O)/C(=N/c1ccc(Br)cc1[N+](=O)[O-])c1ccc(Br)cc1. The molecule has 0 aliphatic rings. The van der Waals surface area contributed by atoms with Gasteiger partial charge in [-0.2, -0.15) is 0 Å². The molecule has 6 nitrogen and oxygen atoms in total. The number of aliphatic imine (C=N–C) groups is 1. The van der Waals surface area contributed by atoms with Gasteiger partial charge in [0.25, 0.3) is 5.69 Å². The van der Waals surface area contributed by atoms with Crippen LogP contribution in [0.5, 0.6) is 0 Å². The number of carbonyl (C=O) groups is 1. The summed E-state index contributed by atoms with van der Waals surface area (Å²) < 4.78 is 6.41. The predicted octanol–water partition coefficient (Wildman–Crippen LogP) is 4.80. The van der Waals surface area contributed by atoms with Crippen molar-refractivity contribution >= 4 is 54.9 Å². The number of carbonyl (C=O) groups excluding carboxylic acids is 1. The molecule has 0 aliphatic heterocycles. The Morgan fingerprint density at radius 1 is 1.17 bits per heavy atom. The summed E-state index contributed by atoms with van der Waals surface area (Å²) in [6.45, 7) is 1.86. The predicted molar refractivity (Wildman–Crippen MR) is 97.8 cm³/mol. The molecule has 0 N–H and O–H groups in total. The molecule has 2 aromatic rings. The Morgan fingerprint density at radius 2 is 1.79 bits per heavy atom. The maximum absolute atomic E-state index is 12.2. The lowest BCUT2D eigenvalue weighted by Crippen LogP contribution is -2.18. The highest BCUT2D eigenvalue weighted by molar-refractivity contribution is 9.10. The highest BCUT2D eigenvalue weighted by Crippen LogP contribution is 2.31. The van der Waals surface area contributed by atoms with Crippen molar-refractivity contribution in [3.05, 3.63) is 67.1 Å². The van der Waals surface area contributed by atoms with E-state index in [4.69, 9.17) is 4.74 Å². The quantitative estimate of drug-likeness (QED) is 0.280. The van der Waals surface area contributed by atoms with Gasteiger partial charge in [-0.25, -0.2) is 9.79 Å². The summed E-state index contributed by atoms with van der Waals surface area (Å²) in [6.07, 6.45) is 0. The van der Waals surface area contributed by atoms with Gasteiger partial charge >= 0.3 is 5.97 Å². The van der Waals surface area contributed by atoms with E-state index in [1.54, 1.807) is 37.3 Å². The first kappa shape index (κ1) is 18.3. The van der Waals surface area contributed by atoms with Gasteiger partial charge in [0.15, 0.2) is 5.71 Å². The minimum atomic E-state index is -0.642. The minimum absolute atomic E-state index is 0.00905. The number of nitro benzene ring substituents is 1. The molecule has 8 heteroatoms. The Balaban J connectivity index is 2.59. The van der Waals surface area contributed by atoms with Gasteiger partial charge in [0.05, 0.1) is 11.5 Å². The number of halogens is 2. The summed E-state index contributed by atoms with van der Waals surface area (Å²) >= 11 is 6.51.